The van der Waals surface area contributed by atoms with Crippen LogP contribution in [0.5, 0.6) is 0 Å². The van der Waals surface area contributed by atoms with E-state index in [1.807, 2.05) is 24.3 Å². The summed E-state index contributed by atoms with van der Waals surface area (Å²) in [6, 6.07) is 16.5. The maximum atomic E-state index is 13.7. The van der Waals surface area contributed by atoms with Gasteiger partial charge in [0, 0.05) is 11.1 Å². The summed E-state index contributed by atoms with van der Waals surface area (Å²) in [7, 11) is 0. The highest BCUT2D eigenvalue weighted by molar-refractivity contribution is 6.30. The number of hydrogen-bond donors (Lipinski definition) is 3. The molecule has 0 unspecified atom stereocenters. The minimum absolute atomic E-state index is 0.169. The molecule has 152 valence electrons. The monoisotopic (exact) mass is 409 g/mol. The summed E-state index contributed by atoms with van der Waals surface area (Å²) in [4.78, 5) is 13.7. The molecule has 1 atom stereocenters. The van der Waals surface area contributed by atoms with Gasteiger partial charge in [-0.25, -0.2) is 0 Å². The highest BCUT2D eigenvalue weighted by atomic mass is 35.5. The molecule has 0 bridgehead atoms. The molecule has 0 aromatic heterocycles. The van der Waals surface area contributed by atoms with E-state index in [9.17, 15) is 4.79 Å². The molecule has 3 N–H and O–H groups in total. The molecule has 1 heterocycles. The summed E-state index contributed by atoms with van der Waals surface area (Å²) in [6.07, 6.45) is 8.04. The number of rotatable bonds is 5. The topological polar surface area (TPSA) is 53.2 Å². The van der Waals surface area contributed by atoms with Gasteiger partial charge in [0.1, 0.15) is 5.66 Å². The number of para-hydroxylation sites is 2. The van der Waals surface area contributed by atoms with Crippen LogP contribution < -0.4 is 16.0 Å². The van der Waals surface area contributed by atoms with Crippen LogP contribution in [0.1, 0.15) is 50.5 Å². The molecule has 2 aromatic rings. The summed E-state index contributed by atoms with van der Waals surface area (Å²) in [6.45, 7) is 0. The van der Waals surface area contributed by atoms with E-state index in [-0.39, 0.29) is 11.8 Å². The van der Waals surface area contributed by atoms with Crippen LogP contribution in [0, 0.1) is 11.8 Å². The molecule has 2 aliphatic carbocycles. The first kappa shape index (κ1) is 18.8. The number of halogens is 1. The smallest absolute Gasteiger partial charge is 0.228 e. The first-order valence-corrected chi connectivity index (χ1v) is 11.3. The van der Waals surface area contributed by atoms with E-state index in [4.69, 9.17) is 11.6 Å². The van der Waals surface area contributed by atoms with Crippen molar-refractivity contribution in [1.82, 2.24) is 5.32 Å². The number of anilines is 2. The molecule has 5 rings (SSSR count). The number of hydrogen-bond acceptors (Lipinski definition) is 3. The molecular weight excluding hydrogens is 382 g/mol. The molecule has 29 heavy (non-hydrogen) atoms. The molecule has 4 nitrogen and oxygen atoms in total. The van der Waals surface area contributed by atoms with Gasteiger partial charge in [0.15, 0.2) is 0 Å². The molecule has 2 aromatic carbocycles. The first-order chi connectivity index (χ1) is 14.2. The van der Waals surface area contributed by atoms with Crippen LogP contribution in [0.25, 0.3) is 0 Å². The largest absolute Gasteiger partial charge is 0.357 e. The van der Waals surface area contributed by atoms with E-state index in [2.05, 4.69) is 40.2 Å². The van der Waals surface area contributed by atoms with E-state index in [0.29, 0.717) is 17.0 Å². The third-order valence-electron chi connectivity index (χ3n) is 6.68. The first-order valence-electron chi connectivity index (χ1n) is 10.9. The third kappa shape index (κ3) is 3.59. The molecule has 0 saturated heterocycles. The van der Waals surface area contributed by atoms with Gasteiger partial charge in [-0.1, -0.05) is 55.1 Å². The Morgan fingerprint density at radius 2 is 1.55 bits per heavy atom. The predicted molar refractivity (Wildman–Crippen MR) is 118 cm³/mol. The standard InChI is InChI=1S/C24H28ClN3O/c25-18-12-10-17(11-13-18)24(27-20-8-4-5-9-21(20)28-24)22(16-6-2-1-3-7-16)23(29)26-19-14-15-19/h4-5,8-13,16,19,22,27-28H,1-3,6-7,14-15H2,(H,26,29)/t22-/m1/s1. The predicted octanol–water partition coefficient (Wildman–Crippen LogP) is 5.51. The fourth-order valence-corrected chi connectivity index (χ4v) is 5.23. The van der Waals surface area contributed by atoms with Crippen molar-refractivity contribution in [1.29, 1.82) is 0 Å². The Hall–Kier alpha value is -2.20. The fourth-order valence-electron chi connectivity index (χ4n) is 5.10. The number of carbonyl (C=O) groups is 1. The highest BCUT2D eigenvalue weighted by Gasteiger charge is 2.52. The zero-order chi connectivity index (χ0) is 19.8. The minimum Gasteiger partial charge on any atom is -0.357 e. The van der Waals surface area contributed by atoms with E-state index in [1.54, 1.807) is 0 Å². The second-order valence-corrected chi connectivity index (χ2v) is 9.21. The fraction of sp³-hybridized carbons (Fsp3) is 0.458. The van der Waals surface area contributed by atoms with Gasteiger partial charge in [0.2, 0.25) is 5.91 Å². The van der Waals surface area contributed by atoms with Crippen molar-refractivity contribution < 1.29 is 4.79 Å². The lowest BCUT2D eigenvalue weighted by atomic mass is 9.71. The SMILES string of the molecule is O=C(NC1CC1)[C@@H](C1CCCCC1)C1(c2ccc(Cl)cc2)Nc2ccccc2N1. The van der Waals surface area contributed by atoms with Crippen LogP contribution in [0.3, 0.4) is 0 Å². The number of nitrogens with one attached hydrogen (secondary N) is 3. The highest BCUT2D eigenvalue weighted by Crippen LogP contribution is 2.49. The molecule has 1 aliphatic heterocycles. The zero-order valence-corrected chi connectivity index (χ0v) is 17.3. The Balaban J connectivity index is 1.60. The number of benzene rings is 2. The normalized spacial score (nSPS) is 21.6. The van der Waals surface area contributed by atoms with E-state index < -0.39 is 5.66 Å². The molecule has 2 fully saturated rings. The quantitative estimate of drug-likeness (QED) is 0.610. The van der Waals surface area contributed by atoms with E-state index >= 15 is 0 Å². The lowest BCUT2D eigenvalue weighted by molar-refractivity contribution is -0.129. The molecular formula is C24H28ClN3O. The molecule has 0 spiro atoms. The van der Waals surface area contributed by atoms with Gasteiger partial charge in [-0.3, -0.25) is 4.79 Å². The Morgan fingerprint density at radius 1 is 0.931 bits per heavy atom. The summed E-state index contributed by atoms with van der Waals surface area (Å²) >= 11 is 6.20. The van der Waals surface area contributed by atoms with Gasteiger partial charge >= 0.3 is 0 Å². The van der Waals surface area contributed by atoms with Gasteiger partial charge in [-0.15, -0.1) is 0 Å². The molecule has 2 saturated carbocycles. The van der Waals surface area contributed by atoms with Gasteiger partial charge in [-0.05, 0) is 61.4 Å². The van der Waals surface area contributed by atoms with Gasteiger partial charge < -0.3 is 16.0 Å². The lowest BCUT2D eigenvalue weighted by Crippen LogP contribution is -2.55. The van der Waals surface area contributed by atoms with Crippen molar-refractivity contribution in [2.75, 3.05) is 10.6 Å². The average Bonchev–Trinajstić information content (AvgIpc) is 3.46. The molecule has 5 heteroatoms. The third-order valence-corrected chi connectivity index (χ3v) is 6.94. The van der Waals surface area contributed by atoms with Crippen LogP contribution in [-0.4, -0.2) is 11.9 Å². The second kappa shape index (κ2) is 7.56. The van der Waals surface area contributed by atoms with Crippen LogP contribution in [0.15, 0.2) is 48.5 Å². The average molecular weight is 410 g/mol. The Labute approximate surface area is 177 Å². The molecule has 0 radical (unpaired) electrons. The minimum atomic E-state index is -0.671. The van der Waals surface area contributed by atoms with E-state index in [1.165, 1.54) is 19.3 Å². The maximum absolute atomic E-state index is 13.7. The maximum Gasteiger partial charge on any atom is 0.228 e. The zero-order valence-electron chi connectivity index (χ0n) is 16.6. The van der Waals surface area contributed by atoms with Crippen molar-refractivity contribution in [2.24, 2.45) is 11.8 Å². The number of fused-ring (bicyclic) bond motifs is 1. The van der Waals surface area contributed by atoms with Gasteiger partial charge in [0.05, 0.1) is 17.3 Å². The van der Waals surface area contributed by atoms with Crippen molar-refractivity contribution in [3.8, 4) is 0 Å². The molecule has 3 aliphatic rings. The van der Waals surface area contributed by atoms with Crippen LogP contribution in [-0.2, 0) is 10.5 Å². The van der Waals surface area contributed by atoms with Crippen molar-refractivity contribution >= 4 is 28.9 Å². The number of carbonyl (C=O) groups excluding carboxylic acids is 1. The Morgan fingerprint density at radius 3 is 2.14 bits per heavy atom. The summed E-state index contributed by atoms with van der Waals surface area (Å²) in [5.41, 5.74) is 2.47. The summed E-state index contributed by atoms with van der Waals surface area (Å²) in [5.74, 6) is 0.312. The second-order valence-electron chi connectivity index (χ2n) is 8.77. The Bertz CT molecular complexity index is 862. The summed E-state index contributed by atoms with van der Waals surface area (Å²) in [5, 5.41) is 11.5. The van der Waals surface area contributed by atoms with Gasteiger partial charge in [0.25, 0.3) is 0 Å². The van der Waals surface area contributed by atoms with Crippen LogP contribution >= 0.6 is 11.6 Å². The van der Waals surface area contributed by atoms with Crippen molar-refractivity contribution in [3.05, 3.63) is 59.1 Å². The molecule has 1 amide bonds. The lowest BCUT2D eigenvalue weighted by Gasteiger charge is -2.43. The van der Waals surface area contributed by atoms with Crippen molar-refractivity contribution in [2.45, 2.75) is 56.7 Å². The summed E-state index contributed by atoms with van der Waals surface area (Å²) < 4.78 is 0. The Kier molecular flexibility index (Phi) is 4.91. The van der Waals surface area contributed by atoms with E-state index in [0.717, 1.165) is 42.6 Å². The number of amides is 1. The van der Waals surface area contributed by atoms with Gasteiger partial charge in [-0.2, -0.15) is 0 Å². The van der Waals surface area contributed by atoms with Crippen LogP contribution in [0.4, 0.5) is 11.4 Å². The van der Waals surface area contributed by atoms with Crippen molar-refractivity contribution in [3.63, 3.8) is 0 Å². The van der Waals surface area contributed by atoms with Crippen LogP contribution in [0.2, 0.25) is 5.02 Å².